The van der Waals surface area contributed by atoms with Gasteiger partial charge in [-0.1, -0.05) is 54.1 Å². The van der Waals surface area contributed by atoms with Crippen molar-refractivity contribution in [1.82, 2.24) is 5.32 Å². The molecule has 0 heterocycles. The van der Waals surface area contributed by atoms with Crippen LogP contribution >= 0.6 is 11.6 Å². The Balaban J connectivity index is 1.77. The van der Waals surface area contributed by atoms with Crippen molar-refractivity contribution in [2.75, 3.05) is 0 Å². The van der Waals surface area contributed by atoms with Crippen LogP contribution in [0, 0.1) is 0 Å². The Morgan fingerprint density at radius 3 is 2.62 bits per heavy atom. The molecule has 2 nitrogen and oxygen atoms in total. The fourth-order valence-electron chi connectivity index (χ4n) is 2.49. The Morgan fingerprint density at radius 1 is 0.905 bits per heavy atom. The molecule has 0 aliphatic heterocycles. The van der Waals surface area contributed by atoms with E-state index >= 15 is 0 Å². The number of phenolic OH excluding ortho intramolecular Hbond substituents is 1. The smallest absolute Gasteiger partial charge is 0.120 e. The van der Waals surface area contributed by atoms with Gasteiger partial charge < -0.3 is 10.4 Å². The number of fused-ring (bicyclic) bond motifs is 1. The van der Waals surface area contributed by atoms with Gasteiger partial charge in [0.25, 0.3) is 0 Å². The summed E-state index contributed by atoms with van der Waals surface area (Å²) in [6, 6.07) is 19.5. The van der Waals surface area contributed by atoms with Gasteiger partial charge in [0.05, 0.1) is 0 Å². The number of nitrogens with one attached hydrogen (secondary N) is 1. The molecule has 0 saturated carbocycles. The summed E-state index contributed by atoms with van der Waals surface area (Å²) >= 11 is 5.98. The van der Waals surface area contributed by atoms with Crippen molar-refractivity contribution in [3.05, 3.63) is 76.8 Å². The molecular weight excluding hydrogens is 282 g/mol. The third-order valence-electron chi connectivity index (χ3n) is 3.54. The molecule has 3 rings (SSSR count). The van der Waals surface area contributed by atoms with E-state index in [1.54, 1.807) is 6.07 Å². The van der Waals surface area contributed by atoms with Gasteiger partial charge in [-0.2, -0.15) is 0 Å². The quantitative estimate of drug-likeness (QED) is 0.744. The number of hydrogen-bond donors (Lipinski definition) is 2. The van der Waals surface area contributed by atoms with E-state index in [0.29, 0.717) is 18.8 Å². The van der Waals surface area contributed by atoms with Crippen LogP contribution in [-0.2, 0) is 13.1 Å². The van der Waals surface area contributed by atoms with E-state index < -0.39 is 0 Å². The van der Waals surface area contributed by atoms with Gasteiger partial charge in [0.15, 0.2) is 0 Å². The molecule has 0 atom stereocenters. The number of hydrogen-bond acceptors (Lipinski definition) is 2. The Bertz CT molecular complexity index is 770. The number of aromatic hydroxyl groups is 1. The van der Waals surface area contributed by atoms with Crippen LogP contribution < -0.4 is 5.32 Å². The zero-order valence-corrected chi connectivity index (χ0v) is 12.3. The lowest BCUT2D eigenvalue weighted by molar-refractivity contribution is 0.466. The van der Waals surface area contributed by atoms with Crippen molar-refractivity contribution in [2.24, 2.45) is 0 Å². The van der Waals surface area contributed by atoms with E-state index in [0.717, 1.165) is 26.9 Å². The lowest BCUT2D eigenvalue weighted by Gasteiger charge is -2.10. The second-order valence-electron chi connectivity index (χ2n) is 5.02. The van der Waals surface area contributed by atoms with Gasteiger partial charge in [0.2, 0.25) is 0 Å². The van der Waals surface area contributed by atoms with Gasteiger partial charge in [-0.15, -0.1) is 0 Å². The lowest BCUT2D eigenvalue weighted by atomic mass is 10.0. The first-order valence-corrected chi connectivity index (χ1v) is 7.26. The van der Waals surface area contributed by atoms with E-state index in [-0.39, 0.29) is 0 Å². The number of phenols is 1. The highest BCUT2D eigenvalue weighted by Crippen LogP contribution is 2.26. The highest BCUT2D eigenvalue weighted by molar-refractivity contribution is 6.30. The number of halogens is 1. The second-order valence-corrected chi connectivity index (χ2v) is 5.45. The number of benzene rings is 3. The Morgan fingerprint density at radius 2 is 1.76 bits per heavy atom. The highest BCUT2D eigenvalue weighted by atomic mass is 35.5. The summed E-state index contributed by atoms with van der Waals surface area (Å²) in [5.74, 6) is 0.326. The normalized spacial score (nSPS) is 10.9. The maximum atomic E-state index is 10.1. The summed E-state index contributed by atoms with van der Waals surface area (Å²) in [7, 11) is 0. The molecule has 3 heteroatoms. The summed E-state index contributed by atoms with van der Waals surface area (Å²) in [5, 5.41) is 16.4. The Labute approximate surface area is 129 Å². The molecule has 0 spiro atoms. The molecule has 0 saturated heterocycles. The van der Waals surface area contributed by atoms with Gasteiger partial charge in [-0.05, 0) is 34.5 Å². The van der Waals surface area contributed by atoms with Crippen LogP contribution in [0.25, 0.3) is 10.8 Å². The fourth-order valence-corrected chi connectivity index (χ4v) is 2.70. The summed E-state index contributed by atoms with van der Waals surface area (Å²) in [5.41, 5.74) is 2.05. The van der Waals surface area contributed by atoms with E-state index in [9.17, 15) is 5.11 Å². The third kappa shape index (κ3) is 3.18. The van der Waals surface area contributed by atoms with Crippen molar-refractivity contribution in [1.29, 1.82) is 0 Å². The molecule has 3 aromatic carbocycles. The first-order chi connectivity index (χ1) is 10.2. The minimum absolute atomic E-state index is 0.326. The van der Waals surface area contributed by atoms with Crippen molar-refractivity contribution in [3.63, 3.8) is 0 Å². The molecule has 2 N–H and O–H groups in total. The highest BCUT2D eigenvalue weighted by Gasteiger charge is 2.06. The van der Waals surface area contributed by atoms with Crippen molar-refractivity contribution >= 4 is 22.4 Å². The van der Waals surface area contributed by atoms with Crippen LogP contribution in [-0.4, -0.2) is 5.11 Å². The maximum absolute atomic E-state index is 10.1. The molecule has 0 amide bonds. The van der Waals surface area contributed by atoms with E-state index in [4.69, 9.17) is 11.6 Å². The van der Waals surface area contributed by atoms with Crippen LogP contribution in [0.2, 0.25) is 5.02 Å². The van der Waals surface area contributed by atoms with E-state index in [1.165, 1.54) is 0 Å². The molecular formula is C18H16ClNO. The SMILES string of the molecule is Oc1ccc2ccccc2c1CNCc1cccc(Cl)c1. The third-order valence-corrected chi connectivity index (χ3v) is 3.77. The average Bonchev–Trinajstić information content (AvgIpc) is 2.50. The van der Waals surface area contributed by atoms with Crippen LogP contribution in [0.4, 0.5) is 0 Å². The van der Waals surface area contributed by atoms with Gasteiger partial charge >= 0.3 is 0 Å². The molecule has 0 fully saturated rings. The zero-order valence-electron chi connectivity index (χ0n) is 11.5. The van der Waals surface area contributed by atoms with Crippen LogP contribution in [0.1, 0.15) is 11.1 Å². The van der Waals surface area contributed by atoms with Crippen molar-refractivity contribution < 1.29 is 5.11 Å². The Kier molecular flexibility index (Phi) is 4.09. The Hall–Kier alpha value is -2.03. The van der Waals surface area contributed by atoms with Gasteiger partial charge in [0, 0.05) is 23.7 Å². The predicted molar refractivity (Wildman–Crippen MR) is 87.6 cm³/mol. The van der Waals surface area contributed by atoms with Crippen LogP contribution in [0.3, 0.4) is 0 Å². The first-order valence-electron chi connectivity index (χ1n) is 6.89. The number of rotatable bonds is 4. The largest absolute Gasteiger partial charge is 0.508 e. The zero-order chi connectivity index (χ0) is 14.7. The first kappa shape index (κ1) is 13.9. The second kappa shape index (κ2) is 6.17. The molecule has 3 aromatic rings. The average molecular weight is 298 g/mol. The van der Waals surface area contributed by atoms with E-state index in [1.807, 2.05) is 48.5 Å². The van der Waals surface area contributed by atoms with Crippen molar-refractivity contribution in [3.8, 4) is 5.75 Å². The minimum Gasteiger partial charge on any atom is -0.508 e. The molecule has 0 bridgehead atoms. The molecule has 21 heavy (non-hydrogen) atoms. The lowest BCUT2D eigenvalue weighted by Crippen LogP contribution is -2.13. The van der Waals surface area contributed by atoms with Crippen LogP contribution in [0.15, 0.2) is 60.7 Å². The molecule has 0 unspecified atom stereocenters. The van der Waals surface area contributed by atoms with Crippen molar-refractivity contribution in [2.45, 2.75) is 13.1 Å². The summed E-state index contributed by atoms with van der Waals surface area (Å²) in [4.78, 5) is 0. The molecule has 0 aromatic heterocycles. The summed E-state index contributed by atoms with van der Waals surface area (Å²) in [6.07, 6.45) is 0. The topological polar surface area (TPSA) is 32.3 Å². The predicted octanol–water partition coefficient (Wildman–Crippen LogP) is 4.49. The molecule has 106 valence electrons. The fraction of sp³-hybridized carbons (Fsp3) is 0.111. The van der Waals surface area contributed by atoms with Crippen LogP contribution in [0.5, 0.6) is 5.75 Å². The van der Waals surface area contributed by atoms with Gasteiger partial charge in [0.1, 0.15) is 5.75 Å². The standard InChI is InChI=1S/C18H16ClNO/c19-15-6-3-4-13(10-15)11-20-12-17-16-7-2-1-5-14(16)8-9-18(17)21/h1-10,20-21H,11-12H2. The molecule has 0 aliphatic rings. The van der Waals surface area contributed by atoms with Gasteiger partial charge in [-0.3, -0.25) is 0 Å². The minimum atomic E-state index is 0.326. The molecule has 0 radical (unpaired) electrons. The van der Waals surface area contributed by atoms with E-state index in [2.05, 4.69) is 11.4 Å². The summed E-state index contributed by atoms with van der Waals surface area (Å²) < 4.78 is 0. The molecule has 0 aliphatic carbocycles. The summed E-state index contributed by atoms with van der Waals surface area (Å²) in [6.45, 7) is 1.32. The monoisotopic (exact) mass is 297 g/mol. The maximum Gasteiger partial charge on any atom is 0.120 e. The van der Waals surface area contributed by atoms with Gasteiger partial charge in [-0.25, -0.2) is 0 Å².